The summed E-state index contributed by atoms with van der Waals surface area (Å²) in [4.78, 5) is 38.4. The fourth-order valence-corrected chi connectivity index (χ4v) is 5.11. The average molecular weight is 405 g/mol. The van der Waals surface area contributed by atoms with Gasteiger partial charge in [-0.15, -0.1) is 0 Å². The topological polar surface area (TPSA) is 72.5 Å². The molecule has 156 valence electrons. The zero-order valence-corrected chi connectivity index (χ0v) is 17.4. The van der Waals surface area contributed by atoms with Crippen LogP contribution in [-0.4, -0.2) is 24.3 Å². The molecule has 2 aromatic rings. The Labute approximate surface area is 176 Å². The van der Waals surface area contributed by atoms with Crippen molar-refractivity contribution in [3.63, 3.8) is 0 Å². The number of carbonyl (C=O) groups excluding carboxylic acids is 3. The van der Waals surface area contributed by atoms with Gasteiger partial charge in [-0.3, -0.25) is 14.4 Å². The molecule has 2 aliphatic carbocycles. The van der Waals surface area contributed by atoms with Crippen molar-refractivity contribution in [2.24, 2.45) is 23.7 Å². The van der Waals surface area contributed by atoms with Gasteiger partial charge in [-0.1, -0.05) is 42.5 Å². The van der Waals surface area contributed by atoms with E-state index in [0.717, 1.165) is 30.4 Å². The summed E-state index contributed by atoms with van der Waals surface area (Å²) in [7, 11) is 0. The second-order valence-electron chi connectivity index (χ2n) is 8.52. The van der Waals surface area contributed by atoms with Crippen LogP contribution in [0.1, 0.15) is 40.7 Å². The average Bonchev–Trinajstić information content (AvgIpc) is 3.37. The SMILES string of the molecule is Cc1cccc(NC(=O)COC(=O)C2C3CCC(C3)C2C(=O)c2ccccc2)c1C. The number of fused-ring (bicyclic) bond motifs is 2. The van der Waals surface area contributed by atoms with Crippen molar-refractivity contribution < 1.29 is 19.1 Å². The molecule has 4 rings (SSSR count). The molecule has 0 radical (unpaired) electrons. The van der Waals surface area contributed by atoms with E-state index in [1.807, 2.05) is 50.2 Å². The minimum atomic E-state index is -0.454. The molecule has 30 heavy (non-hydrogen) atoms. The number of Topliss-reactive ketones (excluding diaryl/α,β-unsaturated/α-hetero) is 1. The van der Waals surface area contributed by atoms with Gasteiger partial charge in [0.2, 0.25) is 0 Å². The highest BCUT2D eigenvalue weighted by atomic mass is 16.5. The van der Waals surface area contributed by atoms with Crippen molar-refractivity contribution in [3.05, 3.63) is 65.2 Å². The number of esters is 1. The van der Waals surface area contributed by atoms with Gasteiger partial charge in [-0.2, -0.15) is 0 Å². The lowest BCUT2D eigenvalue weighted by Crippen LogP contribution is -2.37. The number of nitrogens with one attached hydrogen (secondary N) is 1. The second-order valence-corrected chi connectivity index (χ2v) is 8.52. The van der Waals surface area contributed by atoms with Crippen LogP contribution in [0.3, 0.4) is 0 Å². The molecule has 2 bridgehead atoms. The first-order valence-corrected chi connectivity index (χ1v) is 10.6. The smallest absolute Gasteiger partial charge is 0.310 e. The Hall–Kier alpha value is -2.95. The molecule has 2 saturated carbocycles. The van der Waals surface area contributed by atoms with Crippen molar-refractivity contribution in [1.29, 1.82) is 0 Å². The van der Waals surface area contributed by atoms with Crippen LogP contribution in [0.2, 0.25) is 0 Å². The summed E-state index contributed by atoms with van der Waals surface area (Å²) < 4.78 is 5.40. The van der Waals surface area contributed by atoms with E-state index < -0.39 is 11.9 Å². The molecule has 2 aromatic carbocycles. The van der Waals surface area contributed by atoms with E-state index in [0.29, 0.717) is 11.3 Å². The maximum atomic E-state index is 13.1. The third-order valence-electron chi connectivity index (χ3n) is 6.77. The quantitative estimate of drug-likeness (QED) is 0.573. The van der Waals surface area contributed by atoms with Crippen molar-refractivity contribution >= 4 is 23.3 Å². The van der Waals surface area contributed by atoms with Crippen LogP contribution in [0.5, 0.6) is 0 Å². The number of hydrogen-bond donors (Lipinski definition) is 1. The molecule has 1 amide bonds. The number of benzene rings is 2. The Balaban J connectivity index is 1.41. The van der Waals surface area contributed by atoms with Crippen molar-refractivity contribution in [2.45, 2.75) is 33.1 Å². The first kappa shape index (κ1) is 20.3. The largest absolute Gasteiger partial charge is 0.455 e. The van der Waals surface area contributed by atoms with Gasteiger partial charge < -0.3 is 10.1 Å². The van der Waals surface area contributed by atoms with Gasteiger partial charge >= 0.3 is 5.97 Å². The van der Waals surface area contributed by atoms with Crippen LogP contribution < -0.4 is 5.32 Å². The summed E-state index contributed by atoms with van der Waals surface area (Å²) in [5.74, 6) is -1.18. The van der Waals surface area contributed by atoms with Crippen LogP contribution in [0.25, 0.3) is 0 Å². The Morgan fingerprint density at radius 3 is 2.37 bits per heavy atom. The molecular weight excluding hydrogens is 378 g/mol. The third-order valence-corrected chi connectivity index (χ3v) is 6.77. The lowest BCUT2D eigenvalue weighted by Gasteiger charge is -2.28. The normalized spacial score (nSPS) is 24.5. The summed E-state index contributed by atoms with van der Waals surface area (Å²) in [5.41, 5.74) is 3.42. The molecule has 0 aromatic heterocycles. The summed E-state index contributed by atoms with van der Waals surface area (Å²) in [6.07, 6.45) is 2.81. The molecule has 0 heterocycles. The number of hydrogen-bond acceptors (Lipinski definition) is 4. The van der Waals surface area contributed by atoms with Gasteiger partial charge in [0.1, 0.15) is 0 Å². The van der Waals surface area contributed by atoms with Gasteiger partial charge in [-0.25, -0.2) is 0 Å². The zero-order valence-electron chi connectivity index (χ0n) is 17.4. The summed E-state index contributed by atoms with van der Waals surface area (Å²) in [5, 5.41) is 2.81. The van der Waals surface area contributed by atoms with Crippen LogP contribution in [0.15, 0.2) is 48.5 Å². The molecule has 2 fully saturated rings. The predicted molar refractivity (Wildman–Crippen MR) is 114 cm³/mol. The fraction of sp³-hybridized carbons (Fsp3) is 0.400. The second kappa shape index (κ2) is 8.42. The van der Waals surface area contributed by atoms with E-state index in [1.165, 1.54) is 0 Å². The van der Waals surface area contributed by atoms with Crippen molar-refractivity contribution in [1.82, 2.24) is 0 Å². The van der Waals surface area contributed by atoms with E-state index >= 15 is 0 Å². The monoisotopic (exact) mass is 405 g/mol. The van der Waals surface area contributed by atoms with Crippen LogP contribution in [-0.2, 0) is 14.3 Å². The number of ketones is 1. The Morgan fingerprint density at radius 1 is 0.933 bits per heavy atom. The van der Waals surface area contributed by atoms with E-state index in [-0.39, 0.29) is 36.1 Å². The Morgan fingerprint density at radius 2 is 1.63 bits per heavy atom. The van der Waals surface area contributed by atoms with Crippen LogP contribution in [0.4, 0.5) is 5.69 Å². The van der Waals surface area contributed by atoms with Crippen molar-refractivity contribution in [2.75, 3.05) is 11.9 Å². The Bertz CT molecular complexity index is 968. The first-order valence-electron chi connectivity index (χ1n) is 10.6. The number of rotatable bonds is 6. The number of carbonyl (C=O) groups is 3. The highest BCUT2D eigenvalue weighted by Crippen LogP contribution is 2.53. The highest BCUT2D eigenvalue weighted by molar-refractivity contribution is 6.01. The number of anilines is 1. The predicted octanol–water partition coefficient (Wildman–Crippen LogP) is 4.33. The van der Waals surface area contributed by atoms with E-state index in [9.17, 15) is 14.4 Å². The maximum Gasteiger partial charge on any atom is 0.310 e. The van der Waals surface area contributed by atoms with Gasteiger partial charge in [0.15, 0.2) is 12.4 Å². The van der Waals surface area contributed by atoms with Crippen LogP contribution in [0, 0.1) is 37.5 Å². The summed E-state index contributed by atoms with van der Waals surface area (Å²) in [6.45, 7) is 3.57. The number of aryl methyl sites for hydroxylation is 1. The minimum absolute atomic E-state index is 0.0181. The molecule has 5 heteroatoms. The standard InChI is InChI=1S/C25H27NO4/c1-15-7-6-10-20(16(15)2)26-21(27)14-30-25(29)23-19-12-11-18(13-19)22(23)24(28)17-8-4-3-5-9-17/h3-10,18-19,22-23H,11-14H2,1-2H3,(H,26,27). The van der Waals surface area contributed by atoms with Gasteiger partial charge in [-0.05, 0) is 62.1 Å². The molecule has 4 atom stereocenters. The van der Waals surface area contributed by atoms with E-state index in [4.69, 9.17) is 4.74 Å². The van der Waals surface area contributed by atoms with Gasteiger partial charge in [0.25, 0.3) is 5.91 Å². The maximum absolute atomic E-state index is 13.1. The summed E-state index contributed by atoms with van der Waals surface area (Å²) in [6, 6.07) is 14.8. The minimum Gasteiger partial charge on any atom is -0.455 e. The molecule has 0 spiro atoms. The number of ether oxygens (including phenoxy) is 1. The molecule has 5 nitrogen and oxygen atoms in total. The lowest BCUT2D eigenvalue weighted by molar-refractivity contribution is -0.154. The van der Waals surface area contributed by atoms with Crippen molar-refractivity contribution in [3.8, 4) is 0 Å². The molecule has 0 aliphatic heterocycles. The molecular formula is C25H27NO4. The first-order chi connectivity index (χ1) is 14.5. The third kappa shape index (κ3) is 3.89. The van der Waals surface area contributed by atoms with E-state index in [1.54, 1.807) is 12.1 Å². The van der Waals surface area contributed by atoms with Gasteiger partial charge in [0, 0.05) is 17.2 Å². The van der Waals surface area contributed by atoms with Gasteiger partial charge in [0.05, 0.1) is 5.92 Å². The lowest BCUT2D eigenvalue weighted by atomic mass is 9.75. The molecule has 4 unspecified atom stereocenters. The highest BCUT2D eigenvalue weighted by Gasteiger charge is 2.54. The number of amides is 1. The zero-order chi connectivity index (χ0) is 21.3. The van der Waals surface area contributed by atoms with E-state index in [2.05, 4.69) is 5.32 Å². The van der Waals surface area contributed by atoms with Crippen LogP contribution >= 0.6 is 0 Å². The fourth-order valence-electron chi connectivity index (χ4n) is 5.11. The summed E-state index contributed by atoms with van der Waals surface area (Å²) >= 11 is 0. The molecule has 2 aliphatic rings. The Kier molecular flexibility index (Phi) is 5.71. The molecule has 1 N–H and O–H groups in total. The molecule has 0 saturated heterocycles.